The van der Waals surface area contributed by atoms with Crippen molar-refractivity contribution in [1.82, 2.24) is 20.1 Å². The maximum atomic E-state index is 13.3. The zero-order chi connectivity index (χ0) is 20.2. The van der Waals surface area contributed by atoms with Crippen LogP contribution in [0.1, 0.15) is 43.4 Å². The molecule has 1 aromatic carbocycles. The van der Waals surface area contributed by atoms with E-state index in [2.05, 4.69) is 15.2 Å². The van der Waals surface area contributed by atoms with Gasteiger partial charge in [-0.25, -0.2) is 0 Å². The third kappa shape index (κ3) is 4.01. The van der Waals surface area contributed by atoms with E-state index in [1.807, 2.05) is 12.1 Å². The van der Waals surface area contributed by atoms with Crippen molar-refractivity contribution >= 4 is 11.9 Å². The Bertz CT molecular complexity index is 990. The van der Waals surface area contributed by atoms with Gasteiger partial charge in [-0.15, -0.1) is 10.2 Å². The highest BCUT2D eigenvalue weighted by Gasteiger charge is 2.38. The molecule has 2 aromatic heterocycles. The van der Waals surface area contributed by atoms with Gasteiger partial charge in [0.1, 0.15) is 6.04 Å². The molecule has 1 fully saturated rings. The number of carbonyl (C=O) groups is 2. The van der Waals surface area contributed by atoms with Gasteiger partial charge in [0, 0.05) is 31.4 Å². The summed E-state index contributed by atoms with van der Waals surface area (Å²) in [5, 5.41) is 8.25. The molecule has 0 saturated carbocycles. The maximum Gasteiger partial charge on any atom is 0.303 e. The lowest BCUT2D eigenvalue weighted by Crippen LogP contribution is -2.36. The molecule has 8 nitrogen and oxygen atoms in total. The first kappa shape index (κ1) is 18.8. The highest BCUT2D eigenvalue weighted by molar-refractivity contribution is 5.85. The fraction of sp³-hybridized carbons (Fsp3) is 0.286. The minimum atomic E-state index is -1.00. The molecule has 0 bridgehead atoms. The SMILES string of the molecule is CC(=O)OC(C(=O)N1CCCC1c1nnc(-c2cccnc2)o1)c1ccccc1. The molecule has 0 aliphatic carbocycles. The van der Waals surface area contributed by atoms with Gasteiger partial charge in [-0.05, 0) is 25.0 Å². The van der Waals surface area contributed by atoms with Crippen LogP contribution in [0.2, 0.25) is 0 Å². The lowest BCUT2D eigenvalue weighted by Gasteiger charge is -2.27. The first-order valence-electron chi connectivity index (χ1n) is 9.40. The van der Waals surface area contributed by atoms with Gasteiger partial charge in [0.05, 0.1) is 5.56 Å². The normalized spacial score (nSPS) is 17.1. The van der Waals surface area contributed by atoms with E-state index in [9.17, 15) is 9.59 Å². The molecule has 2 unspecified atom stereocenters. The largest absolute Gasteiger partial charge is 0.447 e. The number of nitrogens with zero attached hydrogens (tertiary/aromatic N) is 4. The number of hydrogen-bond donors (Lipinski definition) is 0. The Morgan fingerprint density at radius 3 is 2.72 bits per heavy atom. The van der Waals surface area contributed by atoms with Gasteiger partial charge in [-0.3, -0.25) is 14.6 Å². The second-order valence-electron chi connectivity index (χ2n) is 6.78. The van der Waals surface area contributed by atoms with Crippen molar-refractivity contribution < 1.29 is 18.7 Å². The molecule has 0 spiro atoms. The predicted octanol–water partition coefficient (Wildman–Crippen LogP) is 3.10. The number of ether oxygens (including phenoxy) is 1. The van der Waals surface area contributed by atoms with Gasteiger partial charge >= 0.3 is 5.97 Å². The summed E-state index contributed by atoms with van der Waals surface area (Å²) < 4.78 is 11.2. The Kier molecular flexibility index (Phi) is 5.33. The maximum absolute atomic E-state index is 13.3. The summed E-state index contributed by atoms with van der Waals surface area (Å²) in [6.07, 6.45) is 3.79. The topological polar surface area (TPSA) is 98.4 Å². The number of benzene rings is 1. The van der Waals surface area contributed by atoms with Crippen LogP contribution >= 0.6 is 0 Å². The molecule has 2 atom stereocenters. The van der Waals surface area contributed by atoms with E-state index in [4.69, 9.17) is 9.15 Å². The van der Waals surface area contributed by atoms with E-state index in [-0.39, 0.29) is 11.9 Å². The van der Waals surface area contributed by atoms with Crippen molar-refractivity contribution in [2.24, 2.45) is 0 Å². The van der Waals surface area contributed by atoms with Crippen molar-refractivity contribution in [3.05, 3.63) is 66.3 Å². The summed E-state index contributed by atoms with van der Waals surface area (Å²) in [5.74, 6) is -0.0917. The van der Waals surface area contributed by atoms with E-state index in [0.717, 1.165) is 6.42 Å². The Morgan fingerprint density at radius 1 is 1.17 bits per heavy atom. The zero-order valence-corrected chi connectivity index (χ0v) is 15.9. The fourth-order valence-corrected chi connectivity index (χ4v) is 3.47. The Labute approximate surface area is 167 Å². The average molecular weight is 392 g/mol. The zero-order valence-electron chi connectivity index (χ0n) is 15.9. The Hall–Kier alpha value is -3.55. The monoisotopic (exact) mass is 392 g/mol. The highest BCUT2D eigenvalue weighted by atomic mass is 16.5. The molecule has 0 radical (unpaired) electrons. The molecule has 1 amide bonds. The van der Waals surface area contributed by atoms with Crippen molar-refractivity contribution in [3.8, 4) is 11.5 Å². The van der Waals surface area contributed by atoms with E-state index in [0.29, 0.717) is 35.9 Å². The molecule has 3 heterocycles. The number of pyridine rings is 1. The van der Waals surface area contributed by atoms with E-state index < -0.39 is 12.1 Å². The van der Waals surface area contributed by atoms with Crippen molar-refractivity contribution in [1.29, 1.82) is 0 Å². The molecule has 1 saturated heterocycles. The number of rotatable bonds is 5. The van der Waals surface area contributed by atoms with Crippen LogP contribution in [0.4, 0.5) is 0 Å². The molecule has 4 rings (SSSR count). The Morgan fingerprint density at radius 2 is 2.00 bits per heavy atom. The molecule has 0 N–H and O–H groups in total. The highest BCUT2D eigenvalue weighted by Crippen LogP contribution is 2.35. The third-order valence-corrected chi connectivity index (χ3v) is 4.78. The predicted molar refractivity (Wildman–Crippen MR) is 102 cm³/mol. The van der Waals surface area contributed by atoms with Crippen molar-refractivity contribution in [2.45, 2.75) is 31.9 Å². The second-order valence-corrected chi connectivity index (χ2v) is 6.78. The van der Waals surface area contributed by atoms with E-state index in [1.54, 1.807) is 47.6 Å². The fourth-order valence-electron chi connectivity index (χ4n) is 3.47. The molecule has 1 aliphatic heterocycles. The molecule has 1 aliphatic rings. The van der Waals surface area contributed by atoms with Gasteiger partial charge in [0.2, 0.25) is 17.9 Å². The molecule has 8 heteroatoms. The summed E-state index contributed by atoms with van der Waals surface area (Å²) >= 11 is 0. The summed E-state index contributed by atoms with van der Waals surface area (Å²) in [4.78, 5) is 30.6. The number of carbonyl (C=O) groups excluding carboxylic acids is 2. The van der Waals surface area contributed by atoms with Crippen LogP contribution in [0.5, 0.6) is 0 Å². The first-order chi connectivity index (χ1) is 14.1. The molecular formula is C21H20N4O4. The smallest absolute Gasteiger partial charge is 0.303 e. The summed E-state index contributed by atoms with van der Waals surface area (Å²) in [6.45, 7) is 1.82. The molecule has 148 valence electrons. The Balaban J connectivity index is 1.59. The number of hydrogen-bond acceptors (Lipinski definition) is 7. The van der Waals surface area contributed by atoms with E-state index in [1.165, 1.54) is 6.92 Å². The molecular weight excluding hydrogens is 372 g/mol. The summed E-state index contributed by atoms with van der Waals surface area (Å²) in [6, 6.07) is 12.2. The minimum Gasteiger partial charge on any atom is -0.447 e. The van der Waals surface area contributed by atoms with Crippen molar-refractivity contribution in [2.75, 3.05) is 6.54 Å². The van der Waals surface area contributed by atoms with E-state index >= 15 is 0 Å². The standard InChI is InChI=1S/C21H20N4O4/c1-14(26)28-18(15-7-3-2-4-8-15)21(27)25-12-6-10-17(25)20-24-23-19(29-20)16-9-5-11-22-13-16/h2-5,7-9,11,13,17-18H,6,10,12H2,1H3. The van der Waals surface area contributed by atoms with Gasteiger partial charge in [0.15, 0.2) is 0 Å². The van der Waals surface area contributed by atoms with Crippen LogP contribution in [0.25, 0.3) is 11.5 Å². The lowest BCUT2D eigenvalue weighted by molar-refractivity contribution is -0.160. The third-order valence-electron chi connectivity index (χ3n) is 4.78. The average Bonchev–Trinajstić information content (AvgIpc) is 3.42. The minimum absolute atomic E-state index is 0.296. The quantitative estimate of drug-likeness (QED) is 0.615. The number of amides is 1. The number of likely N-dealkylation sites (tertiary alicyclic amines) is 1. The van der Waals surface area contributed by atoms with Gasteiger partial charge < -0.3 is 14.1 Å². The summed E-state index contributed by atoms with van der Waals surface area (Å²) in [5.41, 5.74) is 1.34. The van der Waals surface area contributed by atoms with Crippen LogP contribution in [-0.4, -0.2) is 38.5 Å². The van der Waals surface area contributed by atoms with Gasteiger partial charge in [0.25, 0.3) is 5.91 Å². The van der Waals surface area contributed by atoms with Crippen LogP contribution in [0, 0.1) is 0 Å². The van der Waals surface area contributed by atoms with Crippen LogP contribution in [0.3, 0.4) is 0 Å². The molecule has 3 aromatic rings. The first-order valence-corrected chi connectivity index (χ1v) is 9.40. The van der Waals surface area contributed by atoms with Gasteiger partial charge in [-0.1, -0.05) is 30.3 Å². The van der Waals surface area contributed by atoms with Gasteiger partial charge in [-0.2, -0.15) is 0 Å². The summed E-state index contributed by atoms with van der Waals surface area (Å²) in [7, 11) is 0. The molecule has 29 heavy (non-hydrogen) atoms. The van der Waals surface area contributed by atoms with Crippen molar-refractivity contribution in [3.63, 3.8) is 0 Å². The second kappa shape index (κ2) is 8.22. The van der Waals surface area contributed by atoms with Crippen LogP contribution in [-0.2, 0) is 14.3 Å². The lowest BCUT2D eigenvalue weighted by atomic mass is 10.1. The number of esters is 1. The van der Waals surface area contributed by atoms with Crippen LogP contribution in [0.15, 0.2) is 59.3 Å². The number of aromatic nitrogens is 3. The van der Waals surface area contributed by atoms with Crippen LogP contribution < -0.4 is 0 Å².